The average Bonchev–Trinajstić information content (AvgIpc) is 3.03. The second-order valence-electron chi connectivity index (χ2n) is 5.48. The fourth-order valence-electron chi connectivity index (χ4n) is 2.34. The molecule has 0 aliphatic rings. The van der Waals surface area contributed by atoms with E-state index in [9.17, 15) is 13.2 Å². The van der Waals surface area contributed by atoms with E-state index in [1.807, 2.05) is 13.0 Å². The van der Waals surface area contributed by atoms with Gasteiger partial charge in [0.2, 0.25) is 5.91 Å². The number of hydrogen-bond acceptors (Lipinski definition) is 4. The van der Waals surface area contributed by atoms with Gasteiger partial charge in [-0.3, -0.25) is 4.79 Å². The van der Waals surface area contributed by atoms with Crippen LogP contribution in [0.2, 0.25) is 0 Å². The van der Waals surface area contributed by atoms with Crippen LogP contribution >= 0.6 is 0 Å². The van der Waals surface area contributed by atoms with Crippen LogP contribution in [-0.4, -0.2) is 20.9 Å². The first-order chi connectivity index (χ1) is 10.9. The van der Waals surface area contributed by atoms with Crippen LogP contribution in [0.3, 0.4) is 0 Å². The van der Waals surface area contributed by atoms with Crippen LogP contribution in [0.1, 0.15) is 35.5 Å². The standard InChI is InChI=1S/C17H21NO4S/c1-4-17(19)18-11-16(14-6-5-9-22-14)23(20,21)15-10-12(2)7-8-13(15)3/h5-10,16H,4,11H2,1-3H3,(H,18,19)/t16-/m0/s1. The lowest BCUT2D eigenvalue weighted by atomic mass is 10.2. The zero-order valence-electron chi connectivity index (χ0n) is 13.5. The first-order valence-corrected chi connectivity index (χ1v) is 9.02. The number of carbonyl (C=O) groups excluding carboxylic acids is 1. The van der Waals surface area contributed by atoms with Crippen molar-refractivity contribution in [1.29, 1.82) is 0 Å². The molecule has 6 heteroatoms. The lowest BCUT2D eigenvalue weighted by Crippen LogP contribution is -2.31. The molecule has 0 fully saturated rings. The Morgan fingerprint density at radius 3 is 2.61 bits per heavy atom. The van der Waals surface area contributed by atoms with Crippen molar-refractivity contribution >= 4 is 15.7 Å². The lowest BCUT2D eigenvalue weighted by Gasteiger charge is -2.18. The molecule has 124 valence electrons. The van der Waals surface area contributed by atoms with Crippen LogP contribution in [0.5, 0.6) is 0 Å². The first-order valence-electron chi connectivity index (χ1n) is 7.47. The quantitative estimate of drug-likeness (QED) is 0.880. The van der Waals surface area contributed by atoms with Crippen molar-refractivity contribution in [3.63, 3.8) is 0 Å². The second kappa shape index (κ2) is 7.00. The van der Waals surface area contributed by atoms with Crippen LogP contribution in [0, 0.1) is 13.8 Å². The van der Waals surface area contributed by atoms with E-state index in [1.54, 1.807) is 38.1 Å². The Labute approximate surface area is 136 Å². The van der Waals surface area contributed by atoms with E-state index in [0.717, 1.165) is 5.56 Å². The van der Waals surface area contributed by atoms with Crippen molar-refractivity contribution in [3.05, 3.63) is 53.5 Å². The number of amides is 1. The van der Waals surface area contributed by atoms with Crippen molar-refractivity contribution < 1.29 is 17.6 Å². The van der Waals surface area contributed by atoms with E-state index in [0.29, 0.717) is 17.7 Å². The minimum Gasteiger partial charge on any atom is -0.468 e. The first kappa shape index (κ1) is 17.3. The third-order valence-electron chi connectivity index (χ3n) is 3.69. The minimum absolute atomic E-state index is 0.0180. The van der Waals surface area contributed by atoms with Crippen LogP contribution in [0.15, 0.2) is 45.9 Å². The highest BCUT2D eigenvalue weighted by molar-refractivity contribution is 7.91. The maximum Gasteiger partial charge on any atom is 0.219 e. The van der Waals surface area contributed by atoms with Gasteiger partial charge in [-0.15, -0.1) is 0 Å². The highest BCUT2D eigenvalue weighted by Crippen LogP contribution is 2.31. The summed E-state index contributed by atoms with van der Waals surface area (Å²) < 4.78 is 31.5. The molecule has 0 radical (unpaired) electrons. The topological polar surface area (TPSA) is 76.4 Å². The summed E-state index contributed by atoms with van der Waals surface area (Å²) in [6.45, 7) is 5.31. The Balaban J connectivity index is 2.44. The average molecular weight is 335 g/mol. The third kappa shape index (κ3) is 3.82. The van der Waals surface area contributed by atoms with Gasteiger partial charge in [-0.2, -0.15) is 0 Å². The largest absolute Gasteiger partial charge is 0.468 e. The van der Waals surface area contributed by atoms with E-state index in [-0.39, 0.29) is 17.3 Å². The molecule has 1 aromatic carbocycles. The van der Waals surface area contributed by atoms with Crippen molar-refractivity contribution in [2.45, 2.75) is 37.3 Å². The normalized spacial score (nSPS) is 12.8. The zero-order chi connectivity index (χ0) is 17.0. The minimum atomic E-state index is -3.69. The molecule has 0 spiro atoms. The maximum absolute atomic E-state index is 13.1. The molecule has 1 heterocycles. The van der Waals surface area contributed by atoms with Crippen LogP contribution < -0.4 is 5.32 Å². The number of hydrogen-bond donors (Lipinski definition) is 1. The van der Waals surface area contributed by atoms with Gasteiger partial charge in [0.1, 0.15) is 11.0 Å². The molecule has 0 aliphatic carbocycles. The molecular weight excluding hydrogens is 314 g/mol. The molecule has 1 amide bonds. The summed E-state index contributed by atoms with van der Waals surface area (Å²) in [4.78, 5) is 11.8. The summed E-state index contributed by atoms with van der Waals surface area (Å²) in [7, 11) is -3.69. The molecule has 0 aliphatic heterocycles. The van der Waals surface area contributed by atoms with E-state index in [4.69, 9.17) is 4.42 Å². The summed E-state index contributed by atoms with van der Waals surface area (Å²) in [5.74, 6) is 0.125. The highest BCUT2D eigenvalue weighted by atomic mass is 32.2. The fraction of sp³-hybridized carbons (Fsp3) is 0.353. The van der Waals surface area contributed by atoms with Crippen LogP contribution in [0.25, 0.3) is 0 Å². The lowest BCUT2D eigenvalue weighted by molar-refractivity contribution is -0.120. The zero-order valence-corrected chi connectivity index (χ0v) is 14.3. The van der Waals surface area contributed by atoms with Gasteiger partial charge >= 0.3 is 0 Å². The fourth-order valence-corrected chi connectivity index (χ4v) is 4.25. The van der Waals surface area contributed by atoms with Gasteiger partial charge in [0, 0.05) is 13.0 Å². The Morgan fingerprint density at radius 2 is 2.00 bits per heavy atom. The van der Waals surface area contributed by atoms with Gasteiger partial charge in [0.05, 0.1) is 11.2 Å². The molecule has 2 rings (SSSR count). The van der Waals surface area contributed by atoms with Crippen molar-refractivity contribution in [3.8, 4) is 0 Å². The number of nitrogens with one attached hydrogen (secondary N) is 1. The summed E-state index contributed by atoms with van der Waals surface area (Å²) in [6.07, 6.45) is 1.73. The SMILES string of the molecule is CCC(=O)NC[C@@H](c1ccco1)S(=O)(=O)c1cc(C)ccc1C. The van der Waals surface area contributed by atoms with E-state index >= 15 is 0 Å². The molecular formula is C17H21NO4S. The number of rotatable bonds is 6. The monoisotopic (exact) mass is 335 g/mol. The van der Waals surface area contributed by atoms with Gasteiger partial charge in [0.25, 0.3) is 0 Å². The van der Waals surface area contributed by atoms with Gasteiger partial charge in [-0.25, -0.2) is 8.42 Å². The van der Waals surface area contributed by atoms with Crippen molar-refractivity contribution in [2.24, 2.45) is 0 Å². The molecule has 23 heavy (non-hydrogen) atoms. The summed E-state index contributed by atoms with van der Waals surface area (Å²) in [5.41, 5.74) is 1.54. The number of sulfone groups is 1. The van der Waals surface area contributed by atoms with Crippen LogP contribution in [-0.2, 0) is 14.6 Å². The van der Waals surface area contributed by atoms with E-state index in [2.05, 4.69) is 5.32 Å². The van der Waals surface area contributed by atoms with E-state index < -0.39 is 15.1 Å². The molecule has 0 saturated heterocycles. The number of furan rings is 1. The third-order valence-corrected chi connectivity index (χ3v) is 5.89. The van der Waals surface area contributed by atoms with Gasteiger partial charge < -0.3 is 9.73 Å². The predicted octanol–water partition coefficient (Wildman–Crippen LogP) is 2.94. The number of benzene rings is 1. The Bertz CT molecular complexity index is 779. The van der Waals surface area contributed by atoms with Crippen molar-refractivity contribution in [1.82, 2.24) is 5.32 Å². The highest BCUT2D eigenvalue weighted by Gasteiger charge is 2.32. The molecule has 1 N–H and O–H groups in total. The Hall–Kier alpha value is -2.08. The molecule has 2 aromatic rings. The molecule has 1 aromatic heterocycles. The Kier molecular flexibility index (Phi) is 5.26. The molecule has 0 unspecified atom stereocenters. The second-order valence-corrected chi connectivity index (χ2v) is 7.57. The number of carbonyl (C=O) groups is 1. The smallest absolute Gasteiger partial charge is 0.219 e. The molecule has 5 nitrogen and oxygen atoms in total. The van der Waals surface area contributed by atoms with Crippen LogP contribution in [0.4, 0.5) is 0 Å². The number of aryl methyl sites for hydroxylation is 2. The molecule has 1 atom stereocenters. The summed E-state index contributed by atoms with van der Waals surface area (Å²) in [5, 5.41) is 1.70. The molecule has 0 bridgehead atoms. The predicted molar refractivity (Wildman–Crippen MR) is 87.9 cm³/mol. The summed E-state index contributed by atoms with van der Waals surface area (Å²) >= 11 is 0. The van der Waals surface area contributed by atoms with Gasteiger partial charge in [-0.05, 0) is 43.2 Å². The summed E-state index contributed by atoms with van der Waals surface area (Å²) in [6, 6.07) is 8.57. The van der Waals surface area contributed by atoms with Crippen molar-refractivity contribution in [2.75, 3.05) is 6.54 Å². The molecule has 0 saturated carbocycles. The maximum atomic E-state index is 13.1. The Morgan fingerprint density at radius 1 is 1.26 bits per heavy atom. The van der Waals surface area contributed by atoms with Gasteiger partial charge in [0.15, 0.2) is 9.84 Å². The van der Waals surface area contributed by atoms with E-state index in [1.165, 1.54) is 6.26 Å². The van der Waals surface area contributed by atoms with Gasteiger partial charge in [-0.1, -0.05) is 19.1 Å².